The zero-order valence-electron chi connectivity index (χ0n) is 8.72. The number of nitriles is 1. The third kappa shape index (κ3) is 2.02. The van der Waals surface area contributed by atoms with E-state index in [4.69, 9.17) is 16.9 Å². The van der Waals surface area contributed by atoms with E-state index >= 15 is 0 Å². The van der Waals surface area contributed by atoms with Crippen LogP contribution >= 0.6 is 11.6 Å². The zero-order chi connectivity index (χ0) is 10.9. The summed E-state index contributed by atoms with van der Waals surface area (Å²) in [6.07, 6.45) is 0. The Balaban J connectivity index is 3.51. The standard InChI is InChI=1S/C10H12ClN3/c1-6-8(10(2,3)4)7(5-12)14-9(11)13-6/h1-4H3. The Labute approximate surface area is 88.8 Å². The normalized spacial score (nSPS) is 11.1. The molecule has 0 unspecified atom stereocenters. The van der Waals surface area contributed by atoms with Crippen molar-refractivity contribution < 1.29 is 0 Å². The summed E-state index contributed by atoms with van der Waals surface area (Å²) in [7, 11) is 0. The Hall–Kier alpha value is -1.14. The molecule has 0 spiro atoms. The molecular formula is C10H12ClN3. The van der Waals surface area contributed by atoms with E-state index in [0.717, 1.165) is 11.3 Å². The van der Waals surface area contributed by atoms with Crippen molar-refractivity contribution >= 4 is 11.6 Å². The van der Waals surface area contributed by atoms with E-state index in [9.17, 15) is 0 Å². The first-order valence-electron chi connectivity index (χ1n) is 4.31. The third-order valence-corrected chi connectivity index (χ3v) is 2.09. The van der Waals surface area contributed by atoms with Crippen molar-refractivity contribution in [1.82, 2.24) is 9.97 Å². The topological polar surface area (TPSA) is 49.6 Å². The van der Waals surface area contributed by atoms with Gasteiger partial charge in [-0.1, -0.05) is 20.8 Å². The molecule has 74 valence electrons. The van der Waals surface area contributed by atoms with Gasteiger partial charge in [0.1, 0.15) is 11.8 Å². The molecule has 0 radical (unpaired) electrons. The van der Waals surface area contributed by atoms with Crippen molar-refractivity contribution in [3.63, 3.8) is 0 Å². The lowest BCUT2D eigenvalue weighted by Crippen LogP contribution is -2.17. The maximum absolute atomic E-state index is 8.93. The van der Waals surface area contributed by atoms with Crippen molar-refractivity contribution in [1.29, 1.82) is 5.26 Å². The highest BCUT2D eigenvalue weighted by Crippen LogP contribution is 2.27. The fraction of sp³-hybridized carbons (Fsp3) is 0.500. The molecular weight excluding hydrogens is 198 g/mol. The summed E-state index contributed by atoms with van der Waals surface area (Å²) in [4.78, 5) is 7.96. The van der Waals surface area contributed by atoms with Gasteiger partial charge >= 0.3 is 0 Å². The molecule has 3 nitrogen and oxygen atoms in total. The largest absolute Gasteiger partial charge is 0.223 e. The highest BCUT2D eigenvalue weighted by molar-refractivity contribution is 6.28. The fourth-order valence-corrected chi connectivity index (χ4v) is 1.73. The summed E-state index contributed by atoms with van der Waals surface area (Å²) < 4.78 is 0. The van der Waals surface area contributed by atoms with E-state index in [1.165, 1.54) is 0 Å². The molecule has 0 bridgehead atoms. The van der Waals surface area contributed by atoms with Gasteiger partial charge in [0.2, 0.25) is 5.28 Å². The second-order valence-corrected chi connectivity index (χ2v) is 4.50. The monoisotopic (exact) mass is 209 g/mol. The van der Waals surface area contributed by atoms with Crippen LogP contribution in [0.4, 0.5) is 0 Å². The SMILES string of the molecule is Cc1nc(Cl)nc(C#N)c1C(C)(C)C. The summed E-state index contributed by atoms with van der Waals surface area (Å²) >= 11 is 5.68. The molecule has 0 amide bonds. The second-order valence-electron chi connectivity index (χ2n) is 4.16. The minimum absolute atomic E-state index is 0.132. The number of hydrogen-bond acceptors (Lipinski definition) is 3. The molecule has 0 atom stereocenters. The molecule has 14 heavy (non-hydrogen) atoms. The maximum Gasteiger partial charge on any atom is 0.223 e. The van der Waals surface area contributed by atoms with Gasteiger partial charge in [-0.3, -0.25) is 0 Å². The Morgan fingerprint density at radius 2 is 1.86 bits per heavy atom. The van der Waals surface area contributed by atoms with Crippen molar-refractivity contribution in [3.8, 4) is 6.07 Å². The van der Waals surface area contributed by atoms with E-state index < -0.39 is 0 Å². The van der Waals surface area contributed by atoms with Gasteiger partial charge in [0.05, 0.1) is 0 Å². The molecule has 0 saturated carbocycles. The van der Waals surface area contributed by atoms with Gasteiger partial charge in [0.25, 0.3) is 0 Å². The minimum Gasteiger partial charge on any atom is -0.223 e. The molecule has 0 fully saturated rings. The predicted molar refractivity (Wildman–Crippen MR) is 55.2 cm³/mol. The molecule has 0 aromatic carbocycles. The molecule has 1 heterocycles. The summed E-state index contributed by atoms with van der Waals surface area (Å²) in [5.41, 5.74) is 1.87. The van der Waals surface area contributed by atoms with Gasteiger partial charge in [0.15, 0.2) is 0 Å². The molecule has 4 heteroatoms. The van der Waals surface area contributed by atoms with Crippen LogP contribution in [0, 0.1) is 18.3 Å². The molecule has 0 N–H and O–H groups in total. The average molecular weight is 210 g/mol. The van der Waals surface area contributed by atoms with Gasteiger partial charge in [-0.05, 0) is 23.9 Å². The molecule has 1 aromatic heterocycles. The van der Waals surface area contributed by atoms with Gasteiger partial charge in [0, 0.05) is 11.3 Å². The van der Waals surface area contributed by atoms with E-state index in [2.05, 4.69) is 9.97 Å². The van der Waals surface area contributed by atoms with Crippen LogP contribution in [0.15, 0.2) is 0 Å². The van der Waals surface area contributed by atoms with E-state index in [1.54, 1.807) is 0 Å². The molecule has 0 aliphatic rings. The van der Waals surface area contributed by atoms with Gasteiger partial charge in [-0.25, -0.2) is 9.97 Å². The summed E-state index contributed by atoms with van der Waals surface area (Å²) in [5.74, 6) is 0. The third-order valence-electron chi connectivity index (χ3n) is 1.92. The zero-order valence-corrected chi connectivity index (χ0v) is 9.48. The highest BCUT2D eigenvalue weighted by Gasteiger charge is 2.23. The average Bonchev–Trinajstić information content (AvgIpc) is 1.99. The smallest absolute Gasteiger partial charge is 0.223 e. The molecule has 0 saturated heterocycles. The first-order valence-corrected chi connectivity index (χ1v) is 4.68. The Bertz CT molecular complexity index is 399. The van der Waals surface area contributed by atoms with Crippen LogP contribution in [0.25, 0.3) is 0 Å². The van der Waals surface area contributed by atoms with Gasteiger partial charge in [-0.2, -0.15) is 5.26 Å². The first-order chi connectivity index (χ1) is 6.36. The van der Waals surface area contributed by atoms with Crippen molar-refractivity contribution in [3.05, 3.63) is 22.2 Å². The number of rotatable bonds is 0. The lowest BCUT2D eigenvalue weighted by Gasteiger charge is -2.21. The van der Waals surface area contributed by atoms with Crippen LogP contribution in [0.5, 0.6) is 0 Å². The van der Waals surface area contributed by atoms with Gasteiger partial charge < -0.3 is 0 Å². The van der Waals surface area contributed by atoms with E-state index in [-0.39, 0.29) is 10.7 Å². The highest BCUT2D eigenvalue weighted by atomic mass is 35.5. The summed E-state index contributed by atoms with van der Waals surface area (Å²) in [5, 5.41) is 9.06. The van der Waals surface area contributed by atoms with Crippen LogP contribution < -0.4 is 0 Å². The lowest BCUT2D eigenvalue weighted by atomic mass is 9.85. The lowest BCUT2D eigenvalue weighted by molar-refractivity contribution is 0.576. The van der Waals surface area contributed by atoms with E-state index in [1.807, 2.05) is 33.8 Å². The van der Waals surface area contributed by atoms with Crippen molar-refractivity contribution in [2.75, 3.05) is 0 Å². The summed E-state index contributed by atoms with van der Waals surface area (Å²) in [6.45, 7) is 7.91. The van der Waals surface area contributed by atoms with Crippen LogP contribution in [0.3, 0.4) is 0 Å². The minimum atomic E-state index is -0.139. The number of nitrogens with zero attached hydrogens (tertiary/aromatic N) is 3. The predicted octanol–water partition coefficient (Wildman–Crippen LogP) is 2.61. The maximum atomic E-state index is 8.93. The number of aryl methyl sites for hydroxylation is 1. The fourth-order valence-electron chi connectivity index (χ4n) is 1.52. The quantitative estimate of drug-likeness (QED) is 0.618. The first kappa shape index (κ1) is 10.9. The molecule has 0 aliphatic heterocycles. The Morgan fingerprint density at radius 1 is 1.29 bits per heavy atom. The van der Waals surface area contributed by atoms with Crippen LogP contribution in [-0.4, -0.2) is 9.97 Å². The van der Waals surface area contributed by atoms with Gasteiger partial charge in [-0.15, -0.1) is 0 Å². The summed E-state index contributed by atoms with van der Waals surface area (Å²) in [6, 6.07) is 2.05. The molecule has 1 aromatic rings. The number of hydrogen-bond donors (Lipinski definition) is 0. The number of halogens is 1. The van der Waals surface area contributed by atoms with Crippen LogP contribution in [-0.2, 0) is 5.41 Å². The number of aromatic nitrogens is 2. The van der Waals surface area contributed by atoms with Crippen molar-refractivity contribution in [2.24, 2.45) is 0 Å². The van der Waals surface area contributed by atoms with Crippen molar-refractivity contribution in [2.45, 2.75) is 33.1 Å². The Kier molecular flexibility index (Phi) is 2.77. The molecule has 1 rings (SSSR count). The van der Waals surface area contributed by atoms with Crippen LogP contribution in [0.2, 0.25) is 5.28 Å². The molecule has 0 aliphatic carbocycles. The van der Waals surface area contributed by atoms with E-state index in [0.29, 0.717) is 5.69 Å². The Morgan fingerprint density at radius 3 is 2.29 bits per heavy atom. The second kappa shape index (κ2) is 3.55. The van der Waals surface area contributed by atoms with Crippen LogP contribution in [0.1, 0.15) is 37.7 Å².